The molecule has 9 heteroatoms. The number of nitrogens with two attached hydrogens (primary N) is 2. The molecule has 0 aliphatic carbocycles. The number of nitrogens with zero attached hydrogens (tertiary/aromatic N) is 2. The first-order chi connectivity index (χ1) is 12.7. The maximum absolute atomic E-state index is 14.5. The SMILES string of the molecule is C=C(N)SCC[C@@](N)(CC)c1cc(NC(=O)c2cnc(Cl)cn2)ccc1F. The normalized spacial score (nSPS) is 13.0. The number of benzene rings is 1. The van der Waals surface area contributed by atoms with E-state index in [9.17, 15) is 9.18 Å². The third-order valence-corrected chi connectivity index (χ3v) is 5.05. The molecule has 0 aliphatic heterocycles. The lowest BCUT2D eigenvalue weighted by molar-refractivity contribution is 0.102. The molecule has 0 spiro atoms. The Hall–Kier alpha value is -2.16. The standard InChI is InChI=1S/C18H21ClFN5OS/c1-3-18(22,6-7-27-11(2)21)13-8-12(4-5-14(13)20)25-17(26)15-9-24-16(19)10-23-15/h4-5,8-10H,2-3,6-7,21-22H2,1H3,(H,25,26)/t18-/m0/s1. The lowest BCUT2D eigenvalue weighted by atomic mass is 9.85. The zero-order valence-corrected chi connectivity index (χ0v) is 16.4. The Labute approximate surface area is 166 Å². The molecule has 144 valence electrons. The highest BCUT2D eigenvalue weighted by Gasteiger charge is 2.28. The van der Waals surface area contributed by atoms with Crippen LogP contribution in [0.5, 0.6) is 0 Å². The first-order valence-corrected chi connectivity index (χ1v) is 9.56. The molecule has 0 unspecified atom stereocenters. The Morgan fingerprint density at radius 3 is 2.74 bits per heavy atom. The number of rotatable bonds is 8. The van der Waals surface area contributed by atoms with Crippen LogP contribution in [0.2, 0.25) is 5.15 Å². The number of aromatic nitrogens is 2. The van der Waals surface area contributed by atoms with Gasteiger partial charge in [-0.25, -0.2) is 14.4 Å². The Bertz CT molecular complexity index is 833. The lowest BCUT2D eigenvalue weighted by Gasteiger charge is -2.29. The molecule has 0 bridgehead atoms. The van der Waals surface area contributed by atoms with E-state index in [1.807, 2.05) is 6.92 Å². The van der Waals surface area contributed by atoms with Gasteiger partial charge in [-0.1, -0.05) is 25.1 Å². The van der Waals surface area contributed by atoms with Crippen LogP contribution in [-0.2, 0) is 5.54 Å². The zero-order valence-electron chi connectivity index (χ0n) is 14.8. The molecule has 0 saturated carbocycles. The number of thioether (sulfide) groups is 1. The molecule has 2 rings (SSSR count). The van der Waals surface area contributed by atoms with Crippen LogP contribution in [0.4, 0.5) is 10.1 Å². The molecule has 1 amide bonds. The molecule has 27 heavy (non-hydrogen) atoms. The number of carbonyl (C=O) groups excluding carboxylic acids is 1. The van der Waals surface area contributed by atoms with E-state index in [1.54, 1.807) is 6.07 Å². The maximum atomic E-state index is 14.5. The van der Waals surface area contributed by atoms with Crippen LogP contribution in [0.25, 0.3) is 0 Å². The molecule has 1 atom stereocenters. The van der Waals surface area contributed by atoms with E-state index in [0.717, 1.165) is 0 Å². The highest BCUT2D eigenvalue weighted by Crippen LogP contribution is 2.32. The topological polar surface area (TPSA) is 107 Å². The van der Waals surface area contributed by atoms with Gasteiger partial charge in [0.1, 0.15) is 16.7 Å². The summed E-state index contributed by atoms with van der Waals surface area (Å²) in [5, 5.41) is 3.34. The van der Waals surface area contributed by atoms with Crippen molar-refractivity contribution in [1.82, 2.24) is 9.97 Å². The summed E-state index contributed by atoms with van der Waals surface area (Å²) in [6.07, 6.45) is 3.55. The van der Waals surface area contributed by atoms with Gasteiger partial charge in [0, 0.05) is 22.5 Å². The third kappa shape index (κ3) is 5.66. The van der Waals surface area contributed by atoms with Crippen molar-refractivity contribution in [3.05, 3.63) is 64.4 Å². The average molecular weight is 410 g/mol. The Morgan fingerprint density at radius 2 is 2.15 bits per heavy atom. The first-order valence-electron chi connectivity index (χ1n) is 8.20. The minimum atomic E-state index is -0.895. The van der Waals surface area contributed by atoms with Crippen LogP contribution in [-0.4, -0.2) is 21.6 Å². The fourth-order valence-electron chi connectivity index (χ4n) is 2.48. The van der Waals surface area contributed by atoms with Crippen LogP contribution in [0.15, 0.2) is 42.2 Å². The van der Waals surface area contributed by atoms with Crippen molar-refractivity contribution < 1.29 is 9.18 Å². The van der Waals surface area contributed by atoms with Crippen molar-refractivity contribution in [2.45, 2.75) is 25.3 Å². The minimum absolute atomic E-state index is 0.0950. The number of carbonyl (C=O) groups is 1. The Kier molecular flexibility index (Phi) is 7.18. The van der Waals surface area contributed by atoms with E-state index in [1.165, 1.54) is 36.3 Å². The van der Waals surface area contributed by atoms with Gasteiger partial charge in [-0.05, 0) is 31.0 Å². The molecule has 1 aromatic carbocycles. The third-order valence-electron chi connectivity index (χ3n) is 4.08. The van der Waals surface area contributed by atoms with Crippen LogP contribution >= 0.6 is 23.4 Å². The van der Waals surface area contributed by atoms with Gasteiger partial charge in [-0.3, -0.25) is 4.79 Å². The molecular weight excluding hydrogens is 389 g/mol. The lowest BCUT2D eigenvalue weighted by Crippen LogP contribution is -2.37. The highest BCUT2D eigenvalue weighted by molar-refractivity contribution is 8.02. The smallest absolute Gasteiger partial charge is 0.275 e. The van der Waals surface area contributed by atoms with Gasteiger partial charge in [0.15, 0.2) is 0 Å². The van der Waals surface area contributed by atoms with E-state index in [2.05, 4.69) is 21.9 Å². The monoisotopic (exact) mass is 409 g/mol. The van der Waals surface area contributed by atoms with Gasteiger partial charge >= 0.3 is 0 Å². The number of anilines is 1. The zero-order chi connectivity index (χ0) is 20.0. The second-order valence-electron chi connectivity index (χ2n) is 5.95. The van der Waals surface area contributed by atoms with E-state index in [0.29, 0.717) is 34.9 Å². The van der Waals surface area contributed by atoms with Gasteiger partial charge in [-0.2, -0.15) is 0 Å². The van der Waals surface area contributed by atoms with Crippen molar-refractivity contribution in [1.29, 1.82) is 0 Å². The summed E-state index contributed by atoms with van der Waals surface area (Å²) in [4.78, 5) is 20.0. The summed E-state index contributed by atoms with van der Waals surface area (Å²) in [7, 11) is 0. The summed E-state index contributed by atoms with van der Waals surface area (Å²) in [5.41, 5.74) is 12.0. The molecule has 0 radical (unpaired) electrons. The largest absolute Gasteiger partial charge is 0.394 e. The van der Waals surface area contributed by atoms with Crippen LogP contribution < -0.4 is 16.8 Å². The molecule has 0 aliphatic rings. The minimum Gasteiger partial charge on any atom is -0.394 e. The van der Waals surface area contributed by atoms with Crippen molar-refractivity contribution in [3.63, 3.8) is 0 Å². The van der Waals surface area contributed by atoms with E-state index >= 15 is 0 Å². The molecular formula is C18H21ClFN5OS. The molecule has 0 saturated heterocycles. The van der Waals surface area contributed by atoms with Gasteiger partial charge in [0.2, 0.25) is 0 Å². The van der Waals surface area contributed by atoms with Crippen LogP contribution in [0, 0.1) is 5.82 Å². The van der Waals surface area contributed by atoms with Crippen molar-refractivity contribution in [3.8, 4) is 0 Å². The van der Waals surface area contributed by atoms with E-state index < -0.39 is 17.3 Å². The van der Waals surface area contributed by atoms with E-state index in [4.69, 9.17) is 23.1 Å². The predicted octanol–water partition coefficient (Wildman–Crippen LogP) is 3.64. The van der Waals surface area contributed by atoms with Crippen LogP contribution in [0.3, 0.4) is 0 Å². The summed E-state index contributed by atoms with van der Waals surface area (Å²) < 4.78 is 14.5. The van der Waals surface area contributed by atoms with Gasteiger partial charge < -0.3 is 16.8 Å². The molecule has 6 nitrogen and oxygen atoms in total. The van der Waals surface area contributed by atoms with Crippen LogP contribution in [0.1, 0.15) is 35.8 Å². The Morgan fingerprint density at radius 1 is 1.41 bits per heavy atom. The van der Waals surface area contributed by atoms with Crippen molar-refractivity contribution >= 4 is 35.0 Å². The Balaban J connectivity index is 2.22. The first kappa shape index (κ1) is 21.1. The van der Waals surface area contributed by atoms with Crippen molar-refractivity contribution in [2.24, 2.45) is 11.5 Å². The van der Waals surface area contributed by atoms with Crippen molar-refractivity contribution in [2.75, 3.05) is 11.1 Å². The molecule has 0 fully saturated rings. The fourth-order valence-corrected chi connectivity index (χ4v) is 3.30. The molecule has 5 N–H and O–H groups in total. The number of hydrogen-bond donors (Lipinski definition) is 3. The van der Waals surface area contributed by atoms with Gasteiger partial charge in [0.25, 0.3) is 5.91 Å². The number of amides is 1. The molecule has 2 aromatic rings. The number of nitrogens with one attached hydrogen (secondary N) is 1. The number of hydrogen-bond acceptors (Lipinski definition) is 6. The predicted molar refractivity (Wildman–Crippen MR) is 108 cm³/mol. The van der Waals surface area contributed by atoms with E-state index in [-0.39, 0.29) is 10.8 Å². The van der Waals surface area contributed by atoms with Gasteiger partial charge in [0.05, 0.1) is 17.4 Å². The maximum Gasteiger partial charge on any atom is 0.275 e. The second kappa shape index (κ2) is 9.16. The second-order valence-corrected chi connectivity index (χ2v) is 7.56. The molecule has 1 aromatic heterocycles. The quantitative estimate of drug-likeness (QED) is 0.614. The number of halogens is 2. The average Bonchev–Trinajstić information content (AvgIpc) is 2.63. The summed E-state index contributed by atoms with van der Waals surface area (Å²) in [5.74, 6) is -0.304. The molecule has 1 heterocycles. The van der Waals surface area contributed by atoms with Gasteiger partial charge in [-0.15, -0.1) is 11.8 Å². The highest BCUT2D eigenvalue weighted by atomic mass is 35.5. The summed E-state index contributed by atoms with van der Waals surface area (Å²) in [6, 6.07) is 4.29. The summed E-state index contributed by atoms with van der Waals surface area (Å²) >= 11 is 7.04. The fraction of sp³-hybridized carbons (Fsp3) is 0.278. The summed E-state index contributed by atoms with van der Waals surface area (Å²) in [6.45, 7) is 5.52.